The normalized spacial score (nSPS) is 18.9. The number of hydrogen-bond acceptors (Lipinski definition) is 32. The van der Waals surface area contributed by atoms with E-state index in [0.717, 1.165) is 32.4 Å². The summed E-state index contributed by atoms with van der Waals surface area (Å²) in [7, 11) is 3.55. The zero-order valence-electron chi connectivity index (χ0n) is 67.3. The molecule has 3 rings (SSSR count). The molecule has 118 heavy (non-hydrogen) atoms. The molecular formula is C74H121N13O27S4. The van der Waals surface area contributed by atoms with Gasteiger partial charge in [0.05, 0.1) is 116 Å². The van der Waals surface area contributed by atoms with Gasteiger partial charge in [-0.05, 0) is 70.8 Å². The molecule has 2 saturated heterocycles. The summed E-state index contributed by atoms with van der Waals surface area (Å²) in [6.07, 6.45) is -0.566. The monoisotopic (exact) mass is 1750 g/mol. The maximum Gasteiger partial charge on any atom is 0.304 e. The lowest BCUT2D eigenvalue weighted by Crippen LogP contribution is -2.52. The smallest absolute Gasteiger partial charge is 0.304 e. The number of guanidine groups is 1. The molecule has 0 spiro atoms. The number of nitrogens with one attached hydrogen (secondary N) is 8. The Hall–Kier alpha value is -7.54. The van der Waals surface area contributed by atoms with E-state index < -0.39 is 163 Å². The van der Waals surface area contributed by atoms with E-state index in [2.05, 4.69) is 52.4 Å². The Morgan fingerprint density at radius 1 is 0.500 bits per heavy atom. The fraction of sp³-hybridized carbons (Fsp3) is 0.703. The van der Waals surface area contributed by atoms with Gasteiger partial charge in [0.2, 0.25) is 47.3 Å². The lowest BCUT2D eigenvalue weighted by Gasteiger charge is -2.26. The summed E-state index contributed by atoms with van der Waals surface area (Å²) in [4.78, 5) is 206. The summed E-state index contributed by atoms with van der Waals surface area (Å²) >= 11 is 0. The second kappa shape index (κ2) is 69.1. The first-order valence-corrected chi connectivity index (χ1v) is 43.8. The summed E-state index contributed by atoms with van der Waals surface area (Å²) in [6.45, 7) is 8.42. The molecule has 0 radical (unpaired) electrons. The van der Waals surface area contributed by atoms with Crippen LogP contribution in [0.15, 0.2) is 35.3 Å². The highest BCUT2D eigenvalue weighted by atomic mass is 33.1. The fourth-order valence-electron chi connectivity index (χ4n) is 10.7. The van der Waals surface area contributed by atoms with Gasteiger partial charge < -0.3 is 112 Å². The molecule has 2 aliphatic rings. The minimum Gasteiger partial charge on any atom is -0.481 e. The fourth-order valence-corrected chi connectivity index (χ4v) is 14.9. The van der Waals surface area contributed by atoms with Crippen molar-refractivity contribution in [2.24, 2.45) is 45.8 Å². The number of fused-ring (bicyclic) bond motifs is 5. The molecule has 7 atom stereocenters. The lowest BCUT2D eigenvalue weighted by molar-refractivity contribution is -0.142. The average molecular weight is 1750 g/mol. The van der Waals surface area contributed by atoms with Gasteiger partial charge in [0, 0.05) is 125 Å². The van der Waals surface area contributed by atoms with E-state index in [4.69, 9.17) is 70.5 Å². The highest BCUT2D eigenvalue weighted by molar-refractivity contribution is 8.82. The summed E-state index contributed by atoms with van der Waals surface area (Å²) < 4.78 is 53.0. The first-order valence-electron chi connectivity index (χ1n) is 39.0. The second-order valence-corrected chi connectivity index (χ2v) is 31.2. The number of ether oxygens (including phenoxy) is 10. The number of amides is 9. The number of benzene rings is 1. The maximum atomic E-state index is 14.7. The van der Waals surface area contributed by atoms with Crippen LogP contribution in [0.25, 0.3) is 0 Å². The van der Waals surface area contributed by atoms with Crippen LogP contribution in [0.4, 0.5) is 4.79 Å². The molecule has 2 heterocycles. The van der Waals surface area contributed by atoms with Crippen LogP contribution in [0.5, 0.6) is 0 Å². The molecule has 40 nitrogen and oxygen atoms in total. The number of unbranched alkanes of at least 4 members (excludes halogenated alkanes) is 1. The van der Waals surface area contributed by atoms with Gasteiger partial charge in [0.25, 0.3) is 5.24 Å². The zero-order chi connectivity index (χ0) is 86.8. The molecule has 2 aliphatic heterocycles. The van der Waals surface area contributed by atoms with Crippen molar-refractivity contribution in [1.29, 1.82) is 0 Å². The molecule has 2 fully saturated rings. The van der Waals surface area contributed by atoms with Gasteiger partial charge in [-0.15, -0.1) is 0 Å². The summed E-state index contributed by atoms with van der Waals surface area (Å²) in [5.41, 5.74) is 16.6. The van der Waals surface area contributed by atoms with Gasteiger partial charge in [-0.3, -0.25) is 81.7 Å². The van der Waals surface area contributed by atoms with Crippen LogP contribution < -0.4 is 65.6 Å². The van der Waals surface area contributed by atoms with E-state index in [1.165, 1.54) is 0 Å². The quantitative estimate of drug-likeness (QED) is 0.0119. The number of Topliss-reactive ketones (excluding diaryl/α,β-unsaturated/α-hetero) is 5. The van der Waals surface area contributed by atoms with Crippen LogP contribution in [-0.4, -0.2) is 311 Å². The van der Waals surface area contributed by atoms with Crippen LogP contribution in [-0.2, 0) is 126 Å². The van der Waals surface area contributed by atoms with Crippen molar-refractivity contribution in [3.05, 3.63) is 35.9 Å². The molecule has 668 valence electrons. The predicted octanol–water partition coefficient (Wildman–Crippen LogP) is -1.29. The van der Waals surface area contributed by atoms with Gasteiger partial charge in [-0.25, -0.2) is 5.90 Å². The van der Waals surface area contributed by atoms with Crippen molar-refractivity contribution >= 4 is 137 Å². The Bertz CT molecular complexity index is 3200. The average Bonchev–Trinajstić information content (AvgIpc) is 1.88. The molecule has 2 bridgehead atoms. The van der Waals surface area contributed by atoms with Gasteiger partial charge in [-0.2, -0.15) is 0 Å². The molecule has 9 amide bonds. The molecule has 1 aromatic carbocycles. The van der Waals surface area contributed by atoms with E-state index in [-0.39, 0.29) is 139 Å². The minimum absolute atomic E-state index is 0.00393. The predicted molar refractivity (Wildman–Crippen MR) is 438 cm³/mol. The van der Waals surface area contributed by atoms with Crippen LogP contribution >= 0.6 is 43.2 Å². The number of primary amides is 1. The van der Waals surface area contributed by atoms with Gasteiger partial charge in [0.1, 0.15) is 39.1 Å². The van der Waals surface area contributed by atoms with E-state index in [1.807, 2.05) is 6.92 Å². The SMILES string of the molecule is CCOCCCC(=O)[C@@H]1CSSC(=O)N[C@@H](CCCCNC(=O)COCC(=O)NCCOCCOCCOCCOCCOCCNC(=O)CON)C(=O)N[C@H]2CSSC[C@H](NC(=O)[C@H](CC(=O)O)CC(=O)CNC(=O)[C@H](CCCN=C(N)N)CC2=O)C(=O)C[C@@H](Cc2ccccc2)C(=O)N1.CCOCCOCCCC(=O)COCC(N)=O. The van der Waals surface area contributed by atoms with Crippen molar-refractivity contribution in [3.63, 3.8) is 0 Å². The molecule has 1 aromatic rings. The number of carbonyl (C=O) groups is 15. The Morgan fingerprint density at radius 3 is 1.59 bits per heavy atom. The topological polar surface area (TPSA) is 590 Å². The zero-order valence-corrected chi connectivity index (χ0v) is 70.6. The molecule has 0 saturated carbocycles. The first kappa shape index (κ1) is 107. The van der Waals surface area contributed by atoms with E-state index in [9.17, 15) is 77.0 Å². The van der Waals surface area contributed by atoms with Crippen molar-refractivity contribution < 1.29 is 129 Å². The number of rotatable bonds is 55. The number of ketones is 5. The Morgan fingerprint density at radius 2 is 1.02 bits per heavy atom. The third-order valence-electron chi connectivity index (χ3n) is 16.6. The van der Waals surface area contributed by atoms with Crippen LogP contribution in [0.2, 0.25) is 0 Å². The second-order valence-electron chi connectivity index (χ2n) is 26.3. The Balaban J connectivity index is 0.00000247. The first-order chi connectivity index (χ1) is 56.8. The standard InChI is InChI=1S/C63H100N12O22S4.C11H21NO5/c1-2-90-19-9-14-51(77)48-41-100-101-63(89)75-47(13-6-7-15-67-54(80)36-96-37-55(81)68-17-20-91-22-24-93-26-28-95-29-27-94-25-23-92-21-18-69-56(82)38-97-66)61(88)74-50-40-99-98-39-49(53(79)33-44(59(86)72-48)30-42-10-4-3-5-11-42)73-60(87)45(34-57(83)84)31-46(76)35-71-58(85)43(32-52(50)78)12-8-16-70-62(64)65;1-2-15-6-7-16-5-3-4-10(13)8-17-9-11(12)14/h3-5,10-11,43-45,47-50H,2,6-9,12-41,66H2,1H3,(H,67,80)(H,68,81)(H,69,82)(H,71,85)(H,72,86)(H,73,87)(H,74,88)(H,75,89)(H,83,84)(H4,64,65,70);2-9H2,1H3,(H2,12,14)/t43-,44-,45+,47+,48+,49+,50+;/m1./s1. The molecular weight excluding hydrogens is 1630 g/mol. The lowest BCUT2D eigenvalue weighted by atomic mass is 9.90. The number of carboxylic acid groups (broad SMARTS) is 1. The van der Waals surface area contributed by atoms with E-state index in [0.29, 0.717) is 128 Å². The molecule has 17 N–H and O–H groups in total. The van der Waals surface area contributed by atoms with Gasteiger partial charge >= 0.3 is 5.97 Å². The van der Waals surface area contributed by atoms with Crippen molar-refractivity contribution in [2.75, 3.05) is 189 Å². The number of nitrogens with two attached hydrogens (primary N) is 4. The molecule has 44 heteroatoms. The number of aliphatic imine (C=N–C) groups is 1. The summed E-state index contributed by atoms with van der Waals surface area (Å²) in [6, 6.07) is 3.41. The highest BCUT2D eigenvalue weighted by Gasteiger charge is 2.36. The minimum atomic E-state index is -1.52. The van der Waals surface area contributed by atoms with Gasteiger partial charge in [0.15, 0.2) is 34.9 Å². The molecule has 0 aromatic heterocycles. The number of aliphatic carboxylic acids is 1. The number of nitrogens with zero attached hydrogens (tertiary/aromatic N) is 1. The van der Waals surface area contributed by atoms with Crippen LogP contribution in [0.3, 0.4) is 0 Å². The van der Waals surface area contributed by atoms with E-state index >= 15 is 0 Å². The van der Waals surface area contributed by atoms with Crippen LogP contribution in [0.1, 0.15) is 103 Å². The summed E-state index contributed by atoms with van der Waals surface area (Å²) in [5.74, 6) is -8.90. The third-order valence-corrected chi connectivity index (χ3v) is 21.1. The van der Waals surface area contributed by atoms with Gasteiger partial charge in [-0.1, -0.05) is 62.7 Å². The maximum absolute atomic E-state index is 14.7. The Kier molecular flexibility index (Phi) is 62.4. The summed E-state index contributed by atoms with van der Waals surface area (Å²) in [5, 5.41) is 30.4. The number of carboxylic acids is 1. The number of carbonyl (C=O) groups excluding carboxylic acids is 14. The number of hydrogen-bond donors (Lipinski definition) is 13. The van der Waals surface area contributed by atoms with E-state index in [1.54, 1.807) is 37.3 Å². The molecule has 0 unspecified atom stereocenters. The molecule has 0 aliphatic carbocycles. The highest BCUT2D eigenvalue weighted by Crippen LogP contribution is 2.29. The Labute approximate surface area is 703 Å². The van der Waals surface area contributed by atoms with Crippen molar-refractivity contribution in [2.45, 2.75) is 128 Å². The van der Waals surface area contributed by atoms with Crippen LogP contribution in [0, 0.1) is 17.8 Å². The van der Waals surface area contributed by atoms with Crippen molar-refractivity contribution in [1.82, 2.24) is 42.5 Å². The largest absolute Gasteiger partial charge is 0.481 e. The third kappa shape index (κ3) is 56.1. The van der Waals surface area contributed by atoms with Crippen molar-refractivity contribution in [3.8, 4) is 0 Å².